The largest absolute Gasteiger partial charge is 0.573 e. The molecule has 4 nitrogen and oxygen atoms in total. The highest BCUT2D eigenvalue weighted by Crippen LogP contribution is 2.31. The van der Waals surface area contributed by atoms with E-state index < -0.39 is 16.4 Å². The summed E-state index contributed by atoms with van der Waals surface area (Å²) in [7, 11) is -3.98. The minimum atomic E-state index is -4.76. The van der Waals surface area contributed by atoms with Crippen LogP contribution in [-0.4, -0.2) is 14.8 Å². The molecule has 0 aliphatic heterocycles. The first kappa shape index (κ1) is 18.6. The molecule has 0 aromatic heterocycles. The maximum absolute atomic E-state index is 12.2. The van der Waals surface area contributed by atoms with Crippen molar-refractivity contribution in [3.05, 3.63) is 58.6 Å². The fraction of sp³-hybridized carbons (Fsp3) is 0.200. The van der Waals surface area contributed by atoms with Crippen LogP contribution in [0.5, 0.6) is 5.75 Å². The summed E-state index contributed by atoms with van der Waals surface area (Å²) in [6, 6.07) is 9.71. The van der Waals surface area contributed by atoms with Gasteiger partial charge in [0.2, 0.25) is 10.0 Å². The van der Waals surface area contributed by atoms with Gasteiger partial charge in [-0.3, -0.25) is 0 Å². The van der Waals surface area contributed by atoms with Crippen molar-refractivity contribution < 1.29 is 26.3 Å². The second-order valence-electron chi connectivity index (χ2n) is 5.07. The van der Waals surface area contributed by atoms with Crippen molar-refractivity contribution in [3.63, 3.8) is 0 Å². The molecule has 0 radical (unpaired) electrons. The molecule has 24 heavy (non-hydrogen) atoms. The van der Waals surface area contributed by atoms with Gasteiger partial charge in [0.05, 0.1) is 5.02 Å². The fourth-order valence-electron chi connectivity index (χ4n) is 2.16. The molecule has 0 aliphatic rings. The lowest BCUT2D eigenvalue weighted by atomic mass is 9.93. The van der Waals surface area contributed by atoms with Gasteiger partial charge in [-0.2, -0.15) is 0 Å². The van der Waals surface area contributed by atoms with Crippen LogP contribution in [0, 0.1) is 0 Å². The smallest absolute Gasteiger partial charge is 0.406 e. The van der Waals surface area contributed by atoms with Gasteiger partial charge in [-0.05, 0) is 35.4 Å². The number of primary sulfonamides is 1. The summed E-state index contributed by atoms with van der Waals surface area (Å²) in [6.45, 7) is 1.77. The summed E-state index contributed by atoms with van der Waals surface area (Å²) in [4.78, 5) is -0.203. The van der Waals surface area contributed by atoms with Crippen LogP contribution in [0.15, 0.2) is 47.4 Å². The zero-order valence-electron chi connectivity index (χ0n) is 12.3. The molecule has 2 N–H and O–H groups in total. The molecular formula is C15H13ClF3NO3S. The first-order chi connectivity index (χ1) is 11.0. The molecule has 0 bridgehead atoms. The third-order valence-corrected chi connectivity index (χ3v) is 4.77. The van der Waals surface area contributed by atoms with E-state index in [4.69, 9.17) is 16.7 Å². The van der Waals surface area contributed by atoms with E-state index in [-0.39, 0.29) is 21.6 Å². The SMILES string of the molecule is CC(c1ccc(OC(F)(F)F)cc1)c1ccc(Cl)c(S(N)(=O)=O)c1. The average molecular weight is 380 g/mol. The van der Waals surface area contributed by atoms with E-state index in [0.29, 0.717) is 11.1 Å². The van der Waals surface area contributed by atoms with Crippen molar-refractivity contribution in [3.8, 4) is 5.75 Å². The van der Waals surface area contributed by atoms with Crippen LogP contribution in [0.25, 0.3) is 0 Å². The molecule has 1 atom stereocenters. The van der Waals surface area contributed by atoms with Gasteiger partial charge in [-0.25, -0.2) is 13.6 Å². The van der Waals surface area contributed by atoms with Crippen molar-refractivity contribution in [2.24, 2.45) is 5.14 Å². The van der Waals surface area contributed by atoms with Crippen molar-refractivity contribution in [1.82, 2.24) is 0 Å². The van der Waals surface area contributed by atoms with Gasteiger partial charge in [-0.15, -0.1) is 13.2 Å². The summed E-state index contributed by atoms with van der Waals surface area (Å²) >= 11 is 5.83. The summed E-state index contributed by atoms with van der Waals surface area (Å²) < 4.78 is 63.3. The van der Waals surface area contributed by atoms with Crippen molar-refractivity contribution in [2.45, 2.75) is 24.1 Å². The number of alkyl halides is 3. The summed E-state index contributed by atoms with van der Waals surface area (Å²) in [5, 5.41) is 5.11. The van der Waals surface area contributed by atoms with E-state index >= 15 is 0 Å². The molecule has 0 saturated heterocycles. The van der Waals surface area contributed by atoms with E-state index in [1.165, 1.54) is 36.4 Å². The van der Waals surface area contributed by atoms with Gasteiger partial charge in [0.1, 0.15) is 10.6 Å². The normalized spacial score (nSPS) is 13.6. The average Bonchev–Trinajstić information content (AvgIpc) is 2.45. The molecule has 9 heteroatoms. The lowest BCUT2D eigenvalue weighted by Crippen LogP contribution is -2.17. The standard InChI is InChI=1S/C15H13ClF3NO3S/c1-9(10-2-5-12(6-3-10)23-15(17,18)19)11-4-7-13(16)14(8-11)24(20,21)22/h2-9H,1H3,(H2,20,21,22). The number of sulfonamides is 1. The number of benzene rings is 2. The van der Waals surface area contributed by atoms with E-state index in [1.807, 2.05) is 0 Å². The van der Waals surface area contributed by atoms with Crippen LogP contribution in [0.1, 0.15) is 24.0 Å². The molecule has 0 fully saturated rings. The van der Waals surface area contributed by atoms with E-state index in [2.05, 4.69) is 4.74 Å². The molecule has 2 aromatic rings. The Morgan fingerprint density at radius 3 is 2.12 bits per heavy atom. The lowest BCUT2D eigenvalue weighted by molar-refractivity contribution is -0.274. The van der Waals surface area contributed by atoms with Crippen LogP contribution < -0.4 is 9.88 Å². The zero-order chi connectivity index (χ0) is 18.1. The Morgan fingerprint density at radius 1 is 1.08 bits per heavy atom. The topological polar surface area (TPSA) is 69.4 Å². The molecule has 2 aromatic carbocycles. The number of nitrogens with two attached hydrogens (primary N) is 1. The number of hydrogen-bond acceptors (Lipinski definition) is 3. The number of ether oxygens (including phenoxy) is 1. The van der Waals surface area contributed by atoms with Crippen molar-refractivity contribution in [1.29, 1.82) is 0 Å². The molecule has 130 valence electrons. The third-order valence-electron chi connectivity index (χ3n) is 3.38. The van der Waals surface area contributed by atoms with E-state index in [0.717, 1.165) is 0 Å². The highest BCUT2D eigenvalue weighted by Gasteiger charge is 2.31. The second-order valence-corrected chi connectivity index (χ2v) is 7.01. The van der Waals surface area contributed by atoms with Crippen LogP contribution in [-0.2, 0) is 10.0 Å². The number of halogens is 4. The maximum atomic E-state index is 12.2. The van der Waals surface area contributed by atoms with Gasteiger partial charge in [-0.1, -0.05) is 36.7 Å². The minimum absolute atomic E-state index is 0.00220. The molecule has 0 aliphatic carbocycles. The molecule has 0 amide bonds. The maximum Gasteiger partial charge on any atom is 0.573 e. The highest BCUT2D eigenvalue weighted by molar-refractivity contribution is 7.89. The fourth-order valence-corrected chi connectivity index (χ4v) is 3.24. The second kappa shape index (κ2) is 6.62. The van der Waals surface area contributed by atoms with Gasteiger partial charge >= 0.3 is 6.36 Å². The van der Waals surface area contributed by atoms with Crippen LogP contribution in [0.4, 0.5) is 13.2 Å². The lowest BCUT2D eigenvalue weighted by Gasteiger charge is -2.15. The molecule has 0 heterocycles. The third kappa shape index (κ3) is 4.62. The van der Waals surface area contributed by atoms with Crippen molar-refractivity contribution in [2.75, 3.05) is 0 Å². The highest BCUT2D eigenvalue weighted by atomic mass is 35.5. The van der Waals surface area contributed by atoms with Gasteiger partial charge in [0.25, 0.3) is 0 Å². The molecule has 0 spiro atoms. The van der Waals surface area contributed by atoms with Crippen molar-refractivity contribution >= 4 is 21.6 Å². The van der Waals surface area contributed by atoms with E-state index in [1.54, 1.807) is 13.0 Å². The van der Waals surface area contributed by atoms with Crippen LogP contribution in [0.2, 0.25) is 5.02 Å². The molecule has 2 rings (SSSR count). The number of rotatable bonds is 4. The Balaban J connectivity index is 2.31. The summed E-state index contributed by atoms with van der Waals surface area (Å²) in [5.41, 5.74) is 1.28. The van der Waals surface area contributed by atoms with Gasteiger partial charge < -0.3 is 4.74 Å². The summed E-state index contributed by atoms with van der Waals surface area (Å²) in [6.07, 6.45) is -4.76. The van der Waals surface area contributed by atoms with Gasteiger partial charge in [0.15, 0.2) is 0 Å². The molecule has 1 unspecified atom stereocenters. The quantitative estimate of drug-likeness (QED) is 0.871. The van der Waals surface area contributed by atoms with Gasteiger partial charge in [0, 0.05) is 5.92 Å². The first-order valence-corrected chi connectivity index (χ1v) is 8.58. The summed E-state index contributed by atoms with van der Waals surface area (Å²) in [5.74, 6) is -0.623. The zero-order valence-corrected chi connectivity index (χ0v) is 13.9. The Labute approximate surface area is 142 Å². The Hall–Kier alpha value is -1.77. The van der Waals surface area contributed by atoms with Crippen LogP contribution >= 0.6 is 11.6 Å². The Morgan fingerprint density at radius 2 is 1.62 bits per heavy atom. The number of hydrogen-bond donors (Lipinski definition) is 1. The predicted octanol–water partition coefficient (Wildman–Crippen LogP) is 4.04. The predicted molar refractivity (Wildman–Crippen MR) is 83.5 cm³/mol. The molecular weight excluding hydrogens is 367 g/mol. The monoisotopic (exact) mass is 379 g/mol. The Bertz CT molecular complexity index is 836. The van der Waals surface area contributed by atoms with Crippen LogP contribution in [0.3, 0.4) is 0 Å². The Kier molecular flexibility index (Phi) is 5.12. The first-order valence-electron chi connectivity index (χ1n) is 6.65. The van der Waals surface area contributed by atoms with E-state index in [9.17, 15) is 21.6 Å². The minimum Gasteiger partial charge on any atom is -0.406 e. The molecule has 0 saturated carbocycles.